The van der Waals surface area contributed by atoms with Crippen LogP contribution in [0.3, 0.4) is 0 Å². The van der Waals surface area contributed by atoms with Gasteiger partial charge in [-0.05, 0) is 25.0 Å². The maximum atomic E-state index is 13.1. The average Bonchev–Trinajstić information content (AvgIpc) is 2.14. The van der Waals surface area contributed by atoms with Gasteiger partial charge in [-0.3, -0.25) is 0 Å². The SMILES string of the molecule is CCOc1[c]cc(CC)c(F)c1F. The molecular formula is C10H11F2O. The second kappa shape index (κ2) is 4.21. The van der Waals surface area contributed by atoms with Crippen LogP contribution in [-0.2, 0) is 6.42 Å². The van der Waals surface area contributed by atoms with Gasteiger partial charge in [-0.15, -0.1) is 0 Å². The Hall–Kier alpha value is -1.12. The maximum Gasteiger partial charge on any atom is 0.201 e. The first-order valence-corrected chi connectivity index (χ1v) is 4.22. The predicted molar refractivity (Wildman–Crippen MR) is 45.7 cm³/mol. The third kappa shape index (κ3) is 1.97. The third-order valence-corrected chi connectivity index (χ3v) is 1.72. The van der Waals surface area contributed by atoms with Gasteiger partial charge in [0.1, 0.15) is 0 Å². The van der Waals surface area contributed by atoms with Crippen molar-refractivity contribution >= 4 is 0 Å². The van der Waals surface area contributed by atoms with Gasteiger partial charge in [0.15, 0.2) is 11.6 Å². The van der Waals surface area contributed by atoms with Crippen molar-refractivity contribution in [2.45, 2.75) is 20.3 Å². The molecule has 1 nitrogen and oxygen atoms in total. The molecule has 0 aliphatic rings. The summed E-state index contributed by atoms with van der Waals surface area (Å²) < 4.78 is 31.1. The minimum Gasteiger partial charge on any atom is -0.490 e. The van der Waals surface area contributed by atoms with Gasteiger partial charge in [0.2, 0.25) is 5.82 Å². The Morgan fingerprint density at radius 1 is 1.31 bits per heavy atom. The maximum absolute atomic E-state index is 13.1. The Bertz CT molecular complexity index is 297. The van der Waals surface area contributed by atoms with E-state index in [1.54, 1.807) is 13.8 Å². The quantitative estimate of drug-likeness (QED) is 0.703. The first kappa shape index (κ1) is 9.96. The Balaban J connectivity index is 3.07. The van der Waals surface area contributed by atoms with E-state index in [1.165, 1.54) is 6.07 Å². The summed E-state index contributed by atoms with van der Waals surface area (Å²) in [6.07, 6.45) is 0.450. The van der Waals surface area contributed by atoms with Gasteiger partial charge >= 0.3 is 0 Å². The van der Waals surface area contributed by atoms with Crippen LogP contribution in [-0.4, -0.2) is 6.61 Å². The molecule has 0 N–H and O–H groups in total. The minimum atomic E-state index is -0.943. The van der Waals surface area contributed by atoms with E-state index in [1.807, 2.05) is 0 Å². The van der Waals surface area contributed by atoms with Crippen molar-refractivity contribution in [2.75, 3.05) is 6.61 Å². The van der Waals surface area contributed by atoms with Crippen LogP contribution in [0.5, 0.6) is 5.75 Å². The molecule has 0 saturated heterocycles. The number of benzene rings is 1. The predicted octanol–water partition coefficient (Wildman–Crippen LogP) is 2.73. The molecule has 1 radical (unpaired) electrons. The Labute approximate surface area is 76.3 Å². The molecule has 0 heterocycles. The molecule has 0 fully saturated rings. The lowest BCUT2D eigenvalue weighted by molar-refractivity contribution is 0.312. The van der Waals surface area contributed by atoms with Crippen LogP contribution in [0.1, 0.15) is 19.4 Å². The largest absolute Gasteiger partial charge is 0.490 e. The fourth-order valence-electron chi connectivity index (χ4n) is 1.03. The lowest BCUT2D eigenvalue weighted by Gasteiger charge is -2.06. The van der Waals surface area contributed by atoms with E-state index >= 15 is 0 Å². The monoisotopic (exact) mass is 185 g/mol. The molecule has 0 spiro atoms. The number of aryl methyl sites for hydroxylation is 1. The lowest BCUT2D eigenvalue weighted by Crippen LogP contribution is -2.00. The van der Waals surface area contributed by atoms with Gasteiger partial charge in [0.25, 0.3) is 0 Å². The Kier molecular flexibility index (Phi) is 3.23. The van der Waals surface area contributed by atoms with E-state index in [4.69, 9.17) is 4.74 Å². The van der Waals surface area contributed by atoms with E-state index in [2.05, 4.69) is 6.07 Å². The molecule has 13 heavy (non-hydrogen) atoms. The summed E-state index contributed by atoms with van der Waals surface area (Å²) in [5.74, 6) is -1.91. The van der Waals surface area contributed by atoms with Crippen LogP contribution in [0, 0.1) is 17.7 Å². The second-order valence-electron chi connectivity index (χ2n) is 2.56. The van der Waals surface area contributed by atoms with E-state index < -0.39 is 11.6 Å². The smallest absolute Gasteiger partial charge is 0.201 e. The van der Waals surface area contributed by atoms with E-state index in [0.717, 1.165) is 0 Å². The van der Waals surface area contributed by atoms with Crippen LogP contribution in [0.4, 0.5) is 8.78 Å². The van der Waals surface area contributed by atoms with Gasteiger partial charge in [0.05, 0.1) is 6.61 Å². The lowest BCUT2D eigenvalue weighted by atomic mass is 10.1. The van der Waals surface area contributed by atoms with Gasteiger partial charge in [0, 0.05) is 6.07 Å². The molecule has 0 aromatic heterocycles. The van der Waals surface area contributed by atoms with Gasteiger partial charge in [-0.2, -0.15) is 4.39 Å². The number of hydrogen-bond donors (Lipinski definition) is 0. The zero-order valence-corrected chi connectivity index (χ0v) is 7.66. The van der Waals surface area contributed by atoms with Crippen molar-refractivity contribution in [3.63, 3.8) is 0 Å². The molecule has 0 saturated carbocycles. The summed E-state index contributed by atoms with van der Waals surface area (Å²) in [5.41, 5.74) is 0.320. The summed E-state index contributed by atoms with van der Waals surface area (Å²) in [7, 11) is 0. The summed E-state index contributed by atoms with van der Waals surface area (Å²) in [4.78, 5) is 0. The van der Waals surface area contributed by atoms with Crippen molar-refractivity contribution in [3.05, 3.63) is 29.3 Å². The van der Waals surface area contributed by atoms with Gasteiger partial charge in [-0.25, -0.2) is 4.39 Å². The molecule has 0 aliphatic heterocycles. The third-order valence-electron chi connectivity index (χ3n) is 1.72. The van der Waals surface area contributed by atoms with Crippen LogP contribution in [0.25, 0.3) is 0 Å². The number of rotatable bonds is 3. The number of ether oxygens (including phenoxy) is 1. The van der Waals surface area contributed by atoms with E-state index in [-0.39, 0.29) is 5.75 Å². The molecule has 0 atom stereocenters. The van der Waals surface area contributed by atoms with Gasteiger partial charge in [-0.1, -0.05) is 6.92 Å². The molecule has 3 heteroatoms. The minimum absolute atomic E-state index is 0.141. The molecule has 0 unspecified atom stereocenters. The summed E-state index contributed by atoms with van der Waals surface area (Å²) in [6, 6.07) is 3.98. The highest BCUT2D eigenvalue weighted by Crippen LogP contribution is 2.22. The number of halogens is 2. The molecule has 1 aromatic carbocycles. The summed E-state index contributed by atoms with van der Waals surface area (Å²) in [5, 5.41) is 0. The van der Waals surface area contributed by atoms with Crippen molar-refractivity contribution in [1.82, 2.24) is 0 Å². The highest BCUT2D eigenvalue weighted by atomic mass is 19.2. The average molecular weight is 185 g/mol. The van der Waals surface area contributed by atoms with Crippen molar-refractivity contribution < 1.29 is 13.5 Å². The molecule has 0 bridgehead atoms. The van der Waals surface area contributed by atoms with E-state index in [0.29, 0.717) is 18.6 Å². The highest BCUT2D eigenvalue weighted by Gasteiger charge is 2.12. The normalized spacial score (nSPS) is 10.2. The summed E-state index contributed by atoms with van der Waals surface area (Å²) in [6.45, 7) is 3.77. The topological polar surface area (TPSA) is 9.23 Å². The Morgan fingerprint density at radius 3 is 2.54 bits per heavy atom. The molecule has 0 amide bonds. The van der Waals surface area contributed by atoms with Crippen LogP contribution in [0.15, 0.2) is 6.07 Å². The van der Waals surface area contributed by atoms with Crippen molar-refractivity contribution in [2.24, 2.45) is 0 Å². The fraction of sp³-hybridized carbons (Fsp3) is 0.400. The van der Waals surface area contributed by atoms with E-state index in [9.17, 15) is 8.78 Å². The molecule has 1 rings (SSSR count). The zero-order chi connectivity index (χ0) is 9.84. The highest BCUT2D eigenvalue weighted by molar-refractivity contribution is 5.29. The second-order valence-corrected chi connectivity index (χ2v) is 2.56. The first-order valence-electron chi connectivity index (χ1n) is 4.22. The molecular weight excluding hydrogens is 174 g/mol. The van der Waals surface area contributed by atoms with Crippen LogP contribution >= 0.6 is 0 Å². The zero-order valence-electron chi connectivity index (χ0n) is 7.66. The van der Waals surface area contributed by atoms with Crippen LogP contribution in [0.2, 0.25) is 0 Å². The molecule has 71 valence electrons. The van der Waals surface area contributed by atoms with Crippen LogP contribution < -0.4 is 4.74 Å². The summed E-state index contributed by atoms with van der Waals surface area (Å²) >= 11 is 0. The molecule has 1 aromatic rings. The number of hydrogen-bond acceptors (Lipinski definition) is 1. The first-order chi connectivity index (χ1) is 6.20. The molecule has 0 aliphatic carbocycles. The standard InChI is InChI=1S/C10H11F2O/c1-3-7-5-6-8(13-4-2)10(12)9(7)11/h5H,3-4H2,1-2H3. The van der Waals surface area contributed by atoms with Gasteiger partial charge < -0.3 is 4.74 Å². The Morgan fingerprint density at radius 2 is 2.00 bits per heavy atom. The van der Waals surface area contributed by atoms with Crippen molar-refractivity contribution in [1.29, 1.82) is 0 Å². The fourth-order valence-corrected chi connectivity index (χ4v) is 1.03. The van der Waals surface area contributed by atoms with Crippen molar-refractivity contribution in [3.8, 4) is 5.75 Å².